The van der Waals surface area contributed by atoms with Crippen LogP contribution in [-0.4, -0.2) is 17.4 Å². The number of rotatable bonds is 4. The minimum Gasteiger partial charge on any atom is -0.396 e. The molecule has 1 amide bonds. The number of hydrogen-bond donors (Lipinski definition) is 2. The smallest absolute Gasteiger partial charge is 0.285 e. The standard InChI is InChI=1S/C12H14FN3O3/c1-12(2-3-12)6-15-11(17)7-4-9(14)8(13)5-10(7)16(18)19/h4-5H,2-3,6,14H2,1H3,(H,15,17). The van der Waals surface area contributed by atoms with Crippen LogP contribution in [0.2, 0.25) is 0 Å². The van der Waals surface area contributed by atoms with Crippen LogP contribution < -0.4 is 11.1 Å². The highest BCUT2D eigenvalue weighted by Gasteiger charge is 2.37. The molecule has 6 nitrogen and oxygen atoms in total. The number of hydrogen-bond acceptors (Lipinski definition) is 4. The van der Waals surface area contributed by atoms with Gasteiger partial charge in [-0.05, 0) is 24.3 Å². The highest BCUT2D eigenvalue weighted by atomic mass is 19.1. The lowest BCUT2D eigenvalue weighted by molar-refractivity contribution is -0.385. The molecule has 0 heterocycles. The molecule has 3 N–H and O–H groups in total. The van der Waals surface area contributed by atoms with Crippen molar-refractivity contribution in [1.82, 2.24) is 5.32 Å². The third-order valence-corrected chi connectivity index (χ3v) is 3.34. The van der Waals surface area contributed by atoms with E-state index in [9.17, 15) is 19.3 Å². The summed E-state index contributed by atoms with van der Waals surface area (Å²) in [5.74, 6) is -1.51. The molecule has 1 aliphatic carbocycles. The Hall–Kier alpha value is -2.18. The molecule has 0 atom stereocenters. The van der Waals surface area contributed by atoms with Gasteiger partial charge in [0.25, 0.3) is 11.6 Å². The quantitative estimate of drug-likeness (QED) is 0.494. The zero-order chi connectivity index (χ0) is 14.2. The monoisotopic (exact) mass is 267 g/mol. The Balaban J connectivity index is 2.24. The third kappa shape index (κ3) is 2.81. The molecule has 7 heteroatoms. The molecule has 1 aliphatic rings. The van der Waals surface area contributed by atoms with E-state index < -0.39 is 22.3 Å². The molecule has 2 rings (SSSR count). The van der Waals surface area contributed by atoms with Gasteiger partial charge in [-0.3, -0.25) is 14.9 Å². The Morgan fingerprint density at radius 3 is 2.74 bits per heavy atom. The Kier molecular flexibility index (Phi) is 3.13. The number of carbonyl (C=O) groups excluding carboxylic acids is 1. The summed E-state index contributed by atoms with van der Waals surface area (Å²) in [4.78, 5) is 21.9. The first-order valence-corrected chi connectivity index (χ1v) is 5.84. The Labute approximate surface area is 108 Å². The first kappa shape index (κ1) is 13.3. The number of benzene rings is 1. The fourth-order valence-corrected chi connectivity index (χ4v) is 1.69. The zero-order valence-corrected chi connectivity index (χ0v) is 10.4. The van der Waals surface area contributed by atoms with E-state index in [4.69, 9.17) is 5.73 Å². The van der Waals surface area contributed by atoms with Crippen molar-refractivity contribution in [2.75, 3.05) is 12.3 Å². The van der Waals surface area contributed by atoms with Crippen molar-refractivity contribution >= 4 is 17.3 Å². The number of carbonyl (C=O) groups is 1. The lowest BCUT2D eigenvalue weighted by Gasteiger charge is -2.10. The number of nitrogens with one attached hydrogen (secondary N) is 1. The maximum Gasteiger partial charge on any atom is 0.285 e. The molecule has 1 aromatic rings. The lowest BCUT2D eigenvalue weighted by atomic mass is 10.1. The van der Waals surface area contributed by atoms with Gasteiger partial charge in [0.05, 0.1) is 16.7 Å². The Morgan fingerprint density at radius 1 is 1.58 bits per heavy atom. The Morgan fingerprint density at radius 2 is 2.21 bits per heavy atom. The second-order valence-corrected chi connectivity index (χ2v) is 5.14. The molecule has 0 unspecified atom stereocenters. The molecule has 1 fully saturated rings. The van der Waals surface area contributed by atoms with Crippen LogP contribution in [0.15, 0.2) is 12.1 Å². The number of nitro groups is 1. The number of nitrogens with zero attached hydrogens (tertiary/aromatic N) is 1. The van der Waals surface area contributed by atoms with Gasteiger partial charge in [0.15, 0.2) is 5.82 Å². The van der Waals surface area contributed by atoms with Crippen LogP contribution in [0, 0.1) is 21.3 Å². The van der Waals surface area contributed by atoms with Crippen LogP contribution in [0.5, 0.6) is 0 Å². The molecule has 0 saturated heterocycles. The second-order valence-electron chi connectivity index (χ2n) is 5.14. The van der Waals surface area contributed by atoms with Crippen molar-refractivity contribution in [2.24, 2.45) is 5.41 Å². The minimum atomic E-state index is -0.905. The van der Waals surface area contributed by atoms with Crippen molar-refractivity contribution in [3.63, 3.8) is 0 Å². The van der Waals surface area contributed by atoms with Crippen molar-refractivity contribution < 1.29 is 14.1 Å². The molecule has 1 saturated carbocycles. The number of halogens is 1. The first-order valence-electron chi connectivity index (χ1n) is 5.84. The highest BCUT2D eigenvalue weighted by molar-refractivity contribution is 5.99. The van der Waals surface area contributed by atoms with Crippen LogP contribution >= 0.6 is 0 Å². The van der Waals surface area contributed by atoms with Crippen LogP contribution in [0.25, 0.3) is 0 Å². The van der Waals surface area contributed by atoms with Gasteiger partial charge in [0.1, 0.15) is 5.56 Å². The van der Waals surface area contributed by atoms with E-state index >= 15 is 0 Å². The van der Waals surface area contributed by atoms with Gasteiger partial charge < -0.3 is 11.1 Å². The van der Waals surface area contributed by atoms with Crippen LogP contribution in [0.1, 0.15) is 30.1 Å². The maximum absolute atomic E-state index is 13.2. The minimum absolute atomic E-state index is 0.0794. The summed E-state index contributed by atoms with van der Waals surface area (Å²) in [5.41, 5.74) is 4.35. The first-order chi connectivity index (χ1) is 8.82. The maximum atomic E-state index is 13.2. The van der Waals surface area contributed by atoms with Gasteiger partial charge in [-0.15, -0.1) is 0 Å². The van der Waals surface area contributed by atoms with Crippen molar-refractivity contribution in [3.05, 3.63) is 33.6 Å². The molecule has 19 heavy (non-hydrogen) atoms. The van der Waals surface area contributed by atoms with E-state index in [-0.39, 0.29) is 16.7 Å². The van der Waals surface area contributed by atoms with E-state index in [1.54, 1.807) is 0 Å². The summed E-state index contributed by atoms with van der Waals surface area (Å²) in [6.07, 6.45) is 2.03. The van der Waals surface area contributed by atoms with Crippen molar-refractivity contribution in [1.29, 1.82) is 0 Å². The number of amides is 1. The van der Waals surface area contributed by atoms with Gasteiger partial charge in [-0.1, -0.05) is 6.92 Å². The summed E-state index contributed by atoms with van der Waals surface area (Å²) >= 11 is 0. The Bertz CT molecular complexity index is 555. The number of nitrogens with two attached hydrogens (primary N) is 1. The van der Waals surface area contributed by atoms with E-state index in [1.165, 1.54) is 0 Å². The van der Waals surface area contributed by atoms with E-state index in [2.05, 4.69) is 5.32 Å². The molecule has 0 aromatic heterocycles. The third-order valence-electron chi connectivity index (χ3n) is 3.34. The van der Waals surface area contributed by atoms with Crippen LogP contribution in [-0.2, 0) is 0 Å². The largest absolute Gasteiger partial charge is 0.396 e. The summed E-state index contributed by atoms with van der Waals surface area (Å²) in [6, 6.07) is 1.67. The summed E-state index contributed by atoms with van der Waals surface area (Å²) in [7, 11) is 0. The molecule has 0 bridgehead atoms. The molecule has 0 aliphatic heterocycles. The summed E-state index contributed by atoms with van der Waals surface area (Å²) in [6.45, 7) is 2.46. The molecule has 1 aromatic carbocycles. The molecule has 102 valence electrons. The fraction of sp³-hybridized carbons (Fsp3) is 0.417. The molecule has 0 spiro atoms. The predicted molar refractivity (Wildman–Crippen MR) is 67.1 cm³/mol. The van der Waals surface area contributed by atoms with Crippen LogP contribution in [0.3, 0.4) is 0 Å². The second kappa shape index (κ2) is 4.49. The fourth-order valence-electron chi connectivity index (χ4n) is 1.69. The van der Waals surface area contributed by atoms with E-state index in [0.29, 0.717) is 12.6 Å². The highest BCUT2D eigenvalue weighted by Crippen LogP contribution is 2.44. The average molecular weight is 267 g/mol. The van der Waals surface area contributed by atoms with Gasteiger partial charge in [-0.2, -0.15) is 0 Å². The van der Waals surface area contributed by atoms with E-state index in [1.807, 2.05) is 6.92 Å². The van der Waals surface area contributed by atoms with Crippen molar-refractivity contribution in [2.45, 2.75) is 19.8 Å². The predicted octanol–water partition coefficient (Wildman–Crippen LogP) is 1.85. The van der Waals surface area contributed by atoms with Crippen LogP contribution in [0.4, 0.5) is 15.8 Å². The summed E-state index contributed by atoms with van der Waals surface area (Å²) < 4.78 is 13.2. The molecule has 0 radical (unpaired) electrons. The van der Waals surface area contributed by atoms with Gasteiger partial charge in [0, 0.05) is 6.54 Å². The molecular formula is C12H14FN3O3. The summed E-state index contributed by atoms with van der Waals surface area (Å²) in [5, 5.41) is 13.4. The normalized spacial score (nSPS) is 15.9. The topological polar surface area (TPSA) is 98.3 Å². The van der Waals surface area contributed by atoms with Gasteiger partial charge in [0.2, 0.25) is 0 Å². The zero-order valence-electron chi connectivity index (χ0n) is 10.4. The molecular weight excluding hydrogens is 253 g/mol. The van der Waals surface area contributed by atoms with Crippen molar-refractivity contribution in [3.8, 4) is 0 Å². The van der Waals surface area contributed by atoms with E-state index in [0.717, 1.165) is 18.9 Å². The SMILES string of the molecule is CC1(CNC(=O)c2cc(N)c(F)cc2[N+](=O)[O-])CC1. The number of nitrogen functional groups attached to an aromatic ring is 1. The lowest BCUT2D eigenvalue weighted by Crippen LogP contribution is -2.29. The number of nitro benzene ring substituents is 1. The average Bonchev–Trinajstić information content (AvgIpc) is 3.07. The van der Waals surface area contributed by atoms with Gasteiger partial charge in [-0.25, -0.2) is 4.39 Å². The van der Waals surface area contributed by atoms with Gasteiger partial charge >= 0.3 is 0 Å². The number of anilines is 1.